The fraction of sp³-hybridized carbons (Fsp3) is 0.385. The number of aliphatic hydroxyl groups is 1. The summed E-state index contributed by atoms with van der Waals surface area (Å²) in [5.41, 5.74) is 0.854. The molecule has 0 radical (unpaired) electrons. The molecule has 96 valence electrons. The van der Waals surface area contributed by atoms with Crippen LogP contribution in [-0.2, 0) is 0 Å². The Hall–Kier alpha value is -1.20. The Kier molecular flexibility index (Phi) is 3.54. The summed E-state index contributed by atoms with van der Waals surface area (Å²) in [7, 11) is 0. The molecule has 18 heavy (non-hydrogen) atoms. The standard InChI is InChI=1S/C13H14BrNO3/c1-7(5-8(2)16)15-12(17)10-4-3-9(14)6-11(10)13(15)18/h3-4,6-8,16H,5H2,1-2H3. The van der Waals surface area contributed by atoms with E-state index in [1.165, 1.54) is 4.90 Å². The third-order valence-corrected chi connectivity index (χ3v) is 3.50. The van der Waals surface area contributed by atoms with Gasteiger partial charge < -0.3 is 5.11 Å². The second kappa shape index (κ2) is 4.82. The third-order valence-electron chi connectivity index (χ3n) is 3.00. The molecule has 2 unspecified atom stereocenters. The number of rotatable bonds is 3. The second-order valence-corrected chi connectivity index (χ2v) is 5.52. The van der Waals surface area contributed by atoms with Gasteiger partial charge in [0.15, 0.2) is 0 Å². The second-order valence-electron chi connectivity index (χ2n) is 4.60. The van der Waals surface area contributed by atoms with Crippen LogP contribution in [0.2, 0.25) is 0 Å². The summed E-state index contributed by atoms with van der Waals surface area (Å²) in [6, 6.07) is 4.74. The van der Waals surface area contributed by atoms with Crippen molar-refractivity contribution < 1.29 is 14.7 Å². The van der Waals surface area contributed by atoms with E-state index in [2.05, 4.69) is 15.9 Å². The van der Waals surface area contributed by atoms with Gasteiger partial charge in [0, 0.05) is 10.5 Å². The van der Waals surface area contributed by atoms with Gasteiger partial charge in [0.25, 0.3) is 11.8 Å². The van der Waals surface area contributed by atoms with E-state index in [1.807, 2.05) is 0 Å². The van der Waals surface area contributed by atoms with Crippen LogP contribution >= 0.6 is 15.9 Å². The van der Waals surface area contributed by atoms with E-state index < -0.39 is 6.10 Å². The molecule has 1 aromatic rings. The van der Waals surface area contributed by atoms with E-state index in [4.69, 9.17) is 0 Å². The van der Waals surface area contributed by atoms with Crippen molar-refractivity contribution in [3.63, 3.8) is 0 Å². The van der Waals surface area contributed by atoms with Crippen molar-refractivity contribution in [3.8, 4) is 0 Å². The first-order chi connectivity index (χ1) is 8.41. The fourth-order valence-electron chi connectivity index (χ4n) is 2.23. The van der Waals surface area contributed by atoms with Crippen molar-refractivity contribution in [2.45, 2.75) is 32.4 Å². The number of aliphatic hydroxyl groups excluding tert-OH is 1. The number of fused-ring (bicyclic) bond motifs is 1. The first-order valence-electron chi connectivity index (χ1n) is 5.77. The first-order valence-corrected chi connectivity index (χ1v) is 6.56. The maximum absolute atomic E-state index is 12.2. The summed E-state index contributed by atoms with van der Waals surface area (Å²) in [4.78, 5) is 25.6. The molecular weight excluding hydrogens is 298 g/mol. The van der Waals surface area contributed by atoms with Gasteiger partial charge in [-0.3, -0.25) is 14.5 Å². The number of imide groups is 1. The molecule has 0 spiro atoms. The molecule has 1 aliphatic heterocycles. The van der Waals surface area contributed by atoms with Crippen molar-refractivity contribution in [2.24, 2.45) is 0 Å². The topological polar surface area (TPSA) is 57.6 Å². The SMILES string of the molecule is CC(O)CC(C)N1C(=O)c2ccc(Br)cc2C1=O. The summed E-state index contributed by atoms with van der Waals surface area (Å²) < 4.78 is 0.771. The molecule has 2 amide bonds. The molecule has 0 saturated heterocycles. The highest BCUT2D eigenvalue weighted by Gasteiger charge is 2.38. The van der Waals surface area contributed by atoms with Gasteiger partial charge >= 0.3 is 0 Å². The van der Waals surface area contributed by atoms with Crippen molar-refractivity contribution in [1.29, 1.82) is 0 Å². The summed E-state index contributed by atoms with van der Waals surface area (Å²) >= 11 is 3.29. The molecule has 0 aromatic heterocycles. The zero-order chi connectivity index (χ0) is 13.4. The van der Waals surface area contributed by atoms with Crippen LogP contribution in [0.15, 0.2) is 22.7 Å². The highest BCUT2D eigenvalue weighted by Crippen LogP contribution is 2.28. The van der Waals surface area contributed by atoms with Crippen LogP contribution in [0.25, 0.3) is 0 Å². The van der Waals surface area contributed by atoms with Crippen LogP contribution in [-0.4, -0.2) is 34.0 Å². The largest absolute Gasteiger partial charge is 0.393 e. The highest BCUT2D eigenvalue weighted by molar-refractivity contribution is 9.10. The van der Waals surface area contributed by atoms with Crippen LogP contribution in [0.5, 0.6) is 0 Å². The lowest BCUT2D eigenvalue weighted by Gasteiger charge is -2.23. The molecule has 2 atom stereocenters. The summed E-state index contributed by atoms with van der Waals surface area (Å²) in [5.74, 6) is -0.569. The smallest absolute Gasteiger partial charge is 0.261 e. The Bertz CT molecular complexity index is 513. The molecule has 4 nitrogen and oxygen atoms in total. The third kappa shape index (κ3) is 2.20. The van der Waals surface area contributed by atoms with Gasteiger partial charge in [-0.05, 0) is 38.5 Å². The maximum Gasteiger partial charge on any atom is 0.261 e. The van der Waals surface area contributed by atoms with Gasteiger partial charge in [-0.25, -0.2) is 0 Å². The van der Waals surface area contributed by atoms with Gasteiger partial charge in [0.2, 0.25) is 0 Å². The Morgan fingerprint density at radius 1 is 1.22 bits per heavy atom. The number of benzene rings is 1. The minimum atomic E-state index is -0.545. The lowest BCUT2D eigenvalue weighted by molar-refractivity contribution is 0.0546. The Morgan fingerprint density at radius 3 is 2.44 bits per heavy atom. The lowest BCUT2D eigenvalue weighted by Crippen LogP contribution is -2.39. The minimum absolute atomic E-state index is 0.282. The molecule has 1 aliphatic rings. The molecule has 0 aliphatic carbocycles. The first kappa shape index (κ1) is 13.2. The molecule has 2 rings (SSSR count). The van der Waals surface area contributed by atoms with Crippen LogP contribution in [0.3, 0.4) is 0 Å². The average molecular weight is 312 g/mol. The summed E-state index contributed by atoms with van der Waals surface area (Å²) in [6.07, 6.45) is -0.164. The lowest BCUT2D eigenvalue weighted by atomic mass is 10.1. The molecule has 0 saturated carbocycles. The van der Waals surface area contributed by atoms with Crippen molar-refractivity contribution in [2.75, 3.05) is 0 Å². The van der Waals surface area contributed by atoms with Gasteiger partial charge in [-0.2, -0.15) is 0 Å². The zero-order valence-corrected chi connectivity index (χ0v) is 11.8. The normalized spacial score (nSPS) is 17.9. The number of hydrogen-bond donors (Lipinski definition) is 1. The van der Waals surface area contributed by atoms with Crippen LogP contribution in [0.1, 0.15) is 41.0 Å². The van der Waals surface area contributed by atoms with Crippen LogP contribution in [0, 0.1) is 0 Å². The Balaban J connectivity index is 2.34. The molecule has 0 fully saturated rings. The average Bonchev–Trinajstić information content (AvgIpc) is 2.50. The predicted molar refractivity (Wildman–Crippen MR) is 70.4 cm³/mol. The summed E-state index contributed by atoms with van der Waals surface area (Å²) in [6.45, 7) is 3.41. The van der Waals surface area contributed by atoms with Crippen molar-refractivity contribution in [1.82, 2.24) is 4.90 Å². The van der Waals surface area contributed by atoms with Crippen LogP contribution < -0.4 is 0 Å². The number of carbonyl (C=O) groups excluding carboxylic acids is 2. The molecular formula is C13H14BrNO3. The number of nitrogens with zero attached hydrogens (tertiary/aromatic N) is 1. The van der Waals surface area contributed by atoms with E-state index in [0.717, 1.165) is 4.47 Å². The number of hydrogen-bond acceptors (Lipinski definition) is 3. The number of halogens is 1. The number of carbonyl (C=O) groups is 2. The van der Waals surface area contributed by atoms with E-state index in [0.29, 0.717) is 17.5 Å². The molecule has 0 bridgehead atoms. The Morgan fingerprint density at radius 2 is 1.83 bits per heavy atom. The van der Waals surface area contributed by atoms with Crippen molar-refractivity contribution in [3.05, 3.63) is 33.8 Å². The van der Waals surface area contributed by atoms with Gasteiger partial charge in [-0.15, -0.1) is 0 Å². The maximum atomic E-state index is 12.2. The number of amides is 2. The zero-order valence-electron chi connectivity index (χ0n) is 10.2. The minimum Gasteiger partial charge on any atom is -0.393 e. The molecule has 5 heteroatoms. The van der Waals surface area contributed by atoms with E-state index in [-0.39, 0.29) is 17.9 Å². The van der Waals surface area contributed by atoms with E-state index >= 15 is 0 Å². The molecule has 1 aromatic carbocycles. The van der Waals surface area contributed by atoms with Gasteiger partial charge in [-0.1, -0.05) is 15.9 Å². The van der Waals surface area contributed by atoms with E-state index in [1.54, 1.807) is 32.0 Å². The quantitative estimate of drug-likeness (QED) is 0.871. The molecule has 1 heterocycles. The van der Waals surface area contributed by atoms with Crippen LogP contribution in [0.4, 0.5) is 0 Å². The van der Waals surface area contributed by atoms with E-state index in [9.17, 15) is 14.7 Å². The van der Waals surface area contributed by atoms with Gasteiger partial charge in [0.1, 0.15) is 0 Å². The monoisotopic (exact) mass is 311 g/mol. The fourth-order valence-corrected chi connectivity index (χ4v) is 2.59. The predicted octanol–water partition coefficient (Wildman–Crippen LogP) is 2.20. The Labute approximate surface area is 114 Å². The van der Waals surface area contributed by atoms with Gasteiger partial charge in [0.05, 0.1) is 17.2 Å². The summed E-state index contributed by atoms with van der Waals surface area (Å²) in [5, 5.41) is 9.36. The van der Waals surface area contributed by atoms with Crippen molar-refractivity contribution >= 4 is 27.7 Å². The molecule has 1 N–H and O–H groups in total. The highest BCUT2D eigenvalue weighted by atomic mass is 79.9.